The molecule has 1 aliphatic heterocycles. The zero-order valence-corrected chi connectivity index (χ0v) is 15.4. The molecule has 130 valence electrons. The lowest BCUT2D eigenvalue weighted by Gasteiger charge is -2.40. The number of thioether (sulfide) groups is 1. The van der Waals surface area contributed by atoms with Crippen LogP contribution in [-0.4, -0.2) is 73.5 Å². The van der Waals surface area contributed by atoms with E-state index >= 15 is 0 Å². The fourth-order valence-electron chi connectivity index (χ4n) is 2.19. The van der Waals surface area contributed by atoms with Gasteiger partial charge in [-0.15, -0.1) is 0 Å². The summed E-state index contributed by atoms with van der Waals surface area (Å²) < 4.78 is 7.04. The quantitative estimate of drug-likeness (QED) is 0.203. The SMILES string of the molecule is CSc1nc(NC2OC(CO)C(O)C(O)C2O)c(I)c(=O)n1C. The first kappa shape index (κ1) is 18.9. The number of aromatic nitrogens is 2. The predicted octanol–water partition coefficient (Wildman–Crippen LogP) is -1.68. The van der Waals surface area contributed by atoms with Crippen LogP contribution in [0.4, 0.5) is 5.82 Å². The molecule has 0 aliphatic carbocycles. The van der Waals surface area contributed by atoms with Crippen molar-refractivity contribution in [1.29, 1.82) is 0 Å². The zero-order valence-electron chi connectivity index (χ0n) is 12.4. The molecule has 1 aromatic heterocycles. The maximum absolute atomic E-state index is 12.2. The minimum Gasteiger partial charge on any atom is -0.394 e. The molecule has 2 rings (SSSR count). The molecule has 23 heavy (non-hydrogen) atoms. The number of hydrogen-bond donors (Lipinski definition) is 5. The van der Waals surface area contributed by atoms with E-state index in [2.05, 4.69) is 10.3 Å². The highest BCUT2D eigenvalue weighted by atomic mass is 127. The van der Waals surface area contributed by atoms with Crippen LogP contribution in [0, 0.1) is 3.57 Å². The summed E-state index contributed by atoms with van der Waals surface area (Å²) in [5.41, 5.74) is -0.267. The van der Waals surface area contributed by atoms with Crippen molar-refractivity contribution in [3.05, 3.63) is 13.9 Å². The normalized spacial score (nSPS) is 31.2. The molecule has 5 atom stereocenters. The van der Waals surface area contributed by atoms with Crippen LogP contribution < -0.4 is 10.9 Å². The molecule has 5 N–H and O–H groups in total. The molecular formula is C12H18IN3O6S. The number of rotatable bonds is 4. The third kappa shape index (κ3) is 3.65. The molecule has 1 saturated heterocycles. The lowest BCUT2D eigenvalue weighted by Crippen LogP contribution is -2.60. The molecule has 9 nitrogen and oxygen atoms in total. The van der Waals surface area contributed by atoms with Gasteiger partial charge in [-0.3, -0.25) is 9.36 Å². The molecule has 0 aromatic carbocycles. The zero-order chi connectivity index (χ0) is 17.3. The molecule has 1 fully saturated rings. The summed E-state index contributed by atoms with van der Waals surface area (Å²) in [4.78, 5) is 16.4. The largest absolute Gasteiger partial charge is 0.394 e. The molecule has 0 amide bonds. The molecule has 2 heterocycles. The van der Waals surface area contributed by atoms with Gasteiger partial charge in [0.05, 0.1) is 6.61 Å². The van der Waals surface area contributed by atoms with Gasteiger partial charge in [-0.2, -0.15) is 0 Å². The van der Waals surface area contributed by atoms with Crippen molar-refractivity contribution in [2.75, 3.05) is 18.2 Å². The smallest absolute Gasteiger partial charge is 0.269 e. The maximum Gasteiger partial charge on any atom is 0.269 e. The van der Waals surface area contributed by atoms with Crippen molar-refractivity contribution in [3.8, 4) is 0 Å². The minimum atomic E-state index is -1.50. The molecule has 0 radical (unpaired) electrons. The number of aliphatic hydroxyl groups is 4. The van der Waals surface area contributed by atoms with E-state index < -0.39 is 37.3 Å². The van der Waals surface area contributed by atoms with Gasteiger partial charge >= 0.3 is 0 Å². The van der Waals surface area contributed by atoms with E-state index in [0.29, 0.717) is 8.73 Å². The molecule has 0 spiro atoms. The third-order valence-corrected chi connectivity index (χ3v) is 5.25. The number of anilines is 1. The number of nitrogens with zero attached hydrogens (tertiary/aromatic N) is 2. The third-order valence-electron chi connectivity index (χ3n) is 3.55. The van der Waals surface area contributed by atoms with E-state index in [1.807, 2.05) is 22.6 Å². The fourth-order valence-corrected chi connectivity index (χ4v) is 3.37. The highest BCUT2D eigenvalue weighted by Crippen LogP contribution is 2.24. The van der Waals surface area contributed by atoms with Gasteiger partial charge in [0.2, 0.25) is 0 Å². The molecule has 0 bridgehead atoms. The van der Waals surface area contributed by atoms with Gasteiger partial charge in [-0.05, 0) is 28.8 Å². The van der Waals surface area contributed by atoms with Gasteiger partial charge < -0.3 is 30.5 Å². The summed E-state index contributed by atoms with van der Waals surface area (Å²) in [6.45, 7) is -0.528. The lowest BCUT2D eigenvalue weighted by atomic mass is 9.98. The molecule has 1 aromatic rings. The first-order chi connectivity index (χ1) is 10.8. The van der Waals surface area contributed by atoms with Gasteiger partial charge in [0.15, 0.2) is 11.4 Å². The Hall–Kier alpha value is -0.440. The number of nitrogens with one attached hydrogen (secondary N) is 1. The van der Waals surface area contributed by atoms with Crippen molar-refractivity contribution >= 4 is 40.2 Å². The summed E-state index contributed by atoms with van der Waals surface area (Å²) in [6, 6.07) is 0. The van der Waals surface area contributed by atoms with Crippen LogP contribution in [0.5, 0.6) is 0 Å². The van der Waals surface area contributed by atoms with Crippen LogP contribution in [0.3, 0.4) is 0 Å². The van der Waals surface area contributed by atoms with E-state index in [-0.39, 0.29) is 11.4 Å². The van der Waals surface area contributed by atoms with E-state index in [1.54, 1.807) is 13.3 Å². The highest BCUT2D eigenvalue weighted by Gasteiger charge is 2.43. The molecule has 5 unspecified atom stereocenters. The van der Waals surface area contributed by atoms with E-state index in [1.165, 1.54) is 16.3 Å². The van der Waals surface area contributed by atoms with Gasteiger partial charge in [-0.25, -0.2) is 4.98 Å². The minimum absolute atomic E-state index is 0.197. The van der Waals surface area contributed by atoms with Crippen LogP contribution in [0.2, 0.25) is 0 Å². The average molecular weight is 459 g/mol. The van der Waals surface area contributed by atoms with E-state index in [9.17, 15) is 25.2 Å². The number of halogens is 1. The topological polar surface area (TPSA) is 137 Å². The Kier molecular flexibility index (Phi) is 6.27. The average Bonchev–Trinajstić information content (AvgIpc) is 2.55. The van der Waals surface area contributed by atoms with Gasteiger partial charge in [0.25, 0.3) is 5.56 Å². The number of hydrogen-bond acceptors (Lipinski definition) is 9. The summed E-state index contributed by atoms with van der Waals surface area (Å²) in [6.07, 6.45) is -4.78. The first-order valence-corrected chi connectivity index (χ1v) is 8.99. The second kappa shape index (κ2) is 7.63. The Bertz CT molecular complexity index is 628. The Balaban J connectivity index is 2.31. The van der Waals surface area contributed by atoms with Gasteiger partial charge in [-0.1, -0.05) is 11.8 Å². The number of aliphatic hydroxyl groups excluding tert-OH is 4. The monoisotopic (exact) mass is 459 g/mol. The molecule has 11 heteroatoms. The Morgan fingerprint density at radius 1 is 1.35 bits per heavy atom. The van der Waals surface area contributed by atoms with E-state index in [0.717, 1.165) is 0 Å². The Morgan fingerprint density at radius 3 is 2.57 bits per heavy atom. The molecular weight excluding hydrogens is 441 g/mol. The van der Waals surface area contributed by atoms with Crippen molar-refractivity contribution in [2.45, 2.75) is 35.8 Å². The molecule has 1 aliphatic rings. The van der Waals surface area contributed by atoms with Crippen LogP contribution in [-0.2, 0) is 11.8 Å². The summed E-state index contributed by atoms with van der Waals surface area (Å²) in [7, 11) is 1.60. The summed E-state index contributed by atoms with van der Waals surface area (Å²) >= 11 is 3.10. The second-order valence-corrected chi connectivity index (χ2v) is 6.87. The second-order valence-electron chi connectivity index (χ2n) is 5.02. The van der Waals surface area contributed by atoms with Gasteiger partial charge in [0, 0.05) is 7.05 Å². The summed E-state index contributed by atoms with van der Waals surface area (Å²) in [5, 5.41) is 42.0. The van der Waals surface area contributed by atoms with Crippen LogP contribution in [0.25, 0.3) is 0 Å². The number of ether oxygens (including phenoxy) is 1. The predicted molar refractivity (Wildman–Crippen MR) is 91.4 cm³/mol. The van der Waals surface area contributed by atoms with Crippen molar-refractivity contribution < 1.29 is 25.2 Å². The van der Waals surface area contributed by atoms with Crippen molar-refractivity contribution in [2.24, 2.45) is 7.05 Å². The fraction of sp³-hybridized carbons (Fsp3) is 0.667. The van der Waals surface area contributed by atoms with E-state index in [4.69, 9.17) is 4.74 Å². The van der Waals surface area contributed by atoms with Crippen LogP contribution in [0.1, 0.15) is 0 Å². The van der Waals surface area contributed by atoms with Crippen LogP contribution in [0.15, 0.2) is 9.95 Å². The highest BCUT2D eigenvalue weighted by molar-refractivity contribution is 14.1. The first-order valence-electron chi connectivity index (χ1n) is 6.69. The lowest BCUT2D eigenvalue weighted by molar-refractivity contribution is -0.221. The van der Waals surface area contributed by atoms with Gasteiger partial charge in [0.1, 0.15) is 33.8 Å². The Labute approximate surface area is 149 Å². The standard InChI is InChI=1S/C12H18IN3O6S/c1-16-11(21)5(13)9(15-12(16)23-2)14-10-8(20)7(19)6(18)4(3-17)22-10/h4,6-8,10,14,17-20H,3H2,1-2H3. The summed E-state index contributed by atoms with van der Waals surface area (Å²) in [5.74, 6) is 0.197. The maximum atomic E-state index is 12.2. The van der Waals surface area contributed by atoms with Crippen molar-refractivity contribution in [3.63, 3.8) is 0 Å². The Morgan fingerprint density at radius 2 is 2.00 bits per heavy atom. The molecule has 0 saturated carbocycles. The van der Waals surface area contributed by atoms with Crippen LogP contribution >= 0.6 is 34.4 Å². The van der Waals surface area contributed by atoms with Crippen molar-refractivity contribution in [1.82, 2.24) is 9.55 Å².